The van der Waals surface area contributed by atoms with Gasteiger partial charge in [-0.05, 0) is 109 Å². The molecular formula is C65H47B4NO. The number of hydrogen-bond acceptors (Lipinski definition) is 2. The monoisotopic (exact) mass is 901 g/mol. The van der Waals surface area contributed by atoms with Crippen molar-refractivity contribution >= 4 is 103 Å². The molecule has 0 saturated heterocycles. The normalized spacial score (nSPS) is 12.6. The maximum atomic E-state index is 6.73. The van der Waals surface area contributed by atoms with Crippen molar-refractivity contribution in [2.75, 3.05) is 4.90 Å². The molecule has 6 heteroatoms. The minimum Gasteiger partial charge on any atom is -0.455 e. The summed E-state index contributed by atoms with van der Waals surface area (Å²) < 4.78 is 6.73. The van der Waals surface area contributed by atoms with Crippen molar-refractivity contribution in [3.63, 3.8) is 0 Å². The second kappa shape index (κ2) is 16.9. The van der Waals surface area contributed by atoms with Gasteiger partial charge < -0.3 is 9.32 Å². The van der Waals surface area contributed by atoms with E-state index < -0.39 is 5.41 Å². The summed E-state index contributed by atoms with van der Waals surface area (Å²) in [7, 11) is 9.26. The zero-order chi connectivity index (χ0) is 47.8. The lowest BCUT2D eigenvalue weighted by molar-refractivity contribution is 0.673. The number of furan rings is 1. The number of hydrogen-bond donors (Lipinski definition) is 0. The summed E-state index contributed by atoms with van der Waals surface area (Å²) in [6.07, 6.45) is 0. The largest absolute Gasteiger partial charge is 0.455 e. The molecule has 0 radical (unpaired) electrons. The second-order valence-electron chi connectivity index (χ2n) is 19.3. The van der Waals surface area contributed by atoms with Crippen molar-refractivity contribution in [3.05, 3.63) is 259 Å². The Kier molecular flexibility index (Phi) is 10.1. The van der Waals surface area contributed by atoms with E-state index in [1.165, 1.54) is 88.6 Å². The Morgan fingerprint density at radius 2 is 0.930 bits per heavy atom. The summed E-state index contributed by atoms with van der Waals surface area (Å²) in [5.41, 5.74) is 24.5. The highest BCUT2D eigenvalue weighted by atomic mass is 16.3. The molecule has 0 amide bonds. The van der Waals surface area contributed by atoms with Crippen LogP contribution in [0.15, 0.2) is 241 Å². The lowest BCUT2D eigenvalue weighted by Gasteiger charge is -2.36. The Morgan fingerprint density at radius 1 is 0.366 bits per heavy atom. The van der Waals surface area contributed by atoms with Gasteiger partial charge in [0.1, 0.15) is 42.6 Å². The minimum atomic E-state index is -0.550. The maximum absolute atomic E-state index is 6.73. The van der Waals surface area contributed by atoms with E-state index in [2.05, 4.69) is 273 Å². The Bertz CT molecular complexity index is 3970. The van der Waals surface area contributed by atoms with Gasteiger partial charge in [0.15, 0.2) is 0 Å². The van der Waals surface area contributed by atoms with Crippen LogP contribution in [0.4, 0.5) is 17.1 Å². The standard InChI is InChI=1S/C65H47B4NO/c66-59-57(43-32-30-41(31-33-43)40-16-4-1-5-17-40)60(67)62(69)63(61(59)68)70(47-24-14-19-44(38-47)49-27-15-29-56-58(49)53-36-34-42-18-10-11-25-50(42)64(53)71-56)48-35-37-52-51-26-12-13-28-54(51)65(55(52)39-48,45-20-6-2-7-21-45)46-22-8-3-9-23-46/h1-39H,66-69H2. The first-order valence-electron chi connectivity index (χ1n) is 24.8. The van der Waals surface area contributed by atoms with Crippen molar-refractivity contribution in [2.45, 2.75) is 5.41 Å². The molecule has 0 N–H and O–H groups in total. The maximum Gasteiger partial charge on any atom is 0.143 e. The van der Waals surface area contributed by atoms with Gasteiger partial charge in [0.2, 0.25) is 0 Å². The molecule has 1 aliphatic carbocycles. The summed E-state index contributed by atoms with van der Waals surface area (Å²) in [4.78, 5) is 2.54. The van der Waals surface area contributed by atoms with Crippen LogP contribution >= 0.6 is 0 Å². The van der Waals surface area contributed by atoms with Gasteiger partial charge >= 0.3 is 0 Å². The fourth-order valence-corrected chi connectivity index (χ4v) is 12.1. The number of rotatable bonds is 8. The minimum absolute atomic E-state index is 0.550. The van der Waals surface area contributed by atoms with Crippen molar-refractivity contribution < 1.29 is 4.42 Å². The van der Waals surface area contributed by atoms with Gasteiger partial charge in [-0.3, -0.25) is 0 Å². The molecule has 0 bridgehead atoms. The topological polar surface area (TPSA) is 16.4 Å². The molecule has 330 valence electrons. The molecule has 1 heterocycles. The van der Waals surface area contributed by atoms with Crippen LogP contribution in [0.3, 0.4) is 0 Å². The van der Waals surface area contributed by atoms with Crippen LogP contribution in [0.5, 0.6) is 0 Å². The van der Waals surface area contributed by atoms with Crippen LogP contribution < -0.4 is 26.8 Å². The fourth-order valence-electron chi connectivity index (χ4n) is 12.1. The van der Waals surface area contributed by atoms with Gasteiger partial charge in [0.05, 0.1) is 5.41 Å². The molecule has 0 aliphatic heterocycles. The molecule has 71 heavy (non-hydrogen) atoms. The van der Waals surface area contributed by atoms with Crippen LogP contribution in [-0.4, -0.2) is 31.4 Å². The summed E-state index contributed by atoms with van der Waals surface area (Å²) in [6, 6.07) is 86.8. The Hall–Kier alpha value is -8.46. The lowest BCUT2D eigenvalue weighted by atomic mass is 9.64. The Morgan fingerprint density at radius 3 is 1.66 bits per heavy atom. The van der Waals surface area contributed by atoms with Crippen molar-refractivity contribution in [2.24, 2.45) is 0 Å². The number of nitrogens with zero attached hydrogens (tertiary/aromatic N) is 1. The van der Waals surface area contributed by atoms with E-state index in [0.29, 0.717) is 0 Å². The molecule has 11 aromatic carbocycles. The lowest BCUT2D eigenvalue weighted by Crippen LogP contribution is -2.46. The van der Waals surface area contributed by atoms with E-state index in [1.807, 2.05) is 0 Å². The van der Waals surface area contributed by atoms with E-state index >= 15 is 0 Å². The number of fused-ring (bicyclic) bond motifs is 8. The van der Waals surface area contributed by atoms with Gasteiger partial charge in [-0.2, -0.15) is 0 Å². The van der Waals surface area contributed by atoms with E-state index in [4.69, 9.17) is 4.42 Å². The number of anilines is 3. The van der Waals surface area contributed by atoms with Crippen LogP contribution in [0, 0.1) is 0 Å². The molecule has 0 unspecified atom stereocenters. The summed E-state index contributed by atoms with van der Waals surface area (Å²) in [6.45, 7) is 0. The van der Waals surface area contributed by atoms with Gasteiger partial charge in [0.25, 0.3) is 0 Å². The van der Waals surface area contributed by atoms with Gasteiger partial charge in [0, 0.05) is 33.2 Å². The quantitative estimate of drug-likeness (QED) is 0.141. The molecular weight excluding hydrogens is 854 g/mol. The second-order valence-corrected chi connectivity index (χ2v) is 19.3. The molecule has 0 atom stereocenters. The third-order valence-electron chi connectivity index (χ3n) is 15.6. The predicted molar refractivity (Wildman–Crippen MR) is 312 cm³/mol. The summed E-state index contributed by atoms with van der Waals surface area (Å²) >= 11 is 0. The Labute approximate surface area is 418 Å². The highest BCUT2D eigenvalue weighted by Gasteiger charge is 2.46. The molecule has 1 aromatic heterocycles. The van der Waals surface area contributed by atoms with Crippen molar-refractivity contribution in [1.29, 1.82) is 0 Å². The average molecular weight is 901 g/mol. The fraction of sp³-hybridized carbons (Fsp3) is 0.0154. The average Bonchev–Trinajstić information content (AvgIpc) is 3.97. The molecule has 0 fully saturated rings. The van der Waals surface area contributed by atoms with E-state index in [9.17, 15) is 0 Å². The number of benzene rings is 11. The SMILES string of the molecule is Bc1c(B)c(N(c2cccc(-c3cccc4oc5c6ccccc6ccc5c34)c2)c2ccc3c(c2)C(c2ccccc2)(c2ccccc2)c2ccccc2-3)c(B)c(B)c1-c1ccc(-c2ccccc2)cc1. The van der Waals surface area contributed by atoms with Crippen LogP contribution in [-0.2, 0) is 5.41 Å². The first kappa shape index (κ1) is 42.6. The summed E-state index contributed by atoms with van der Waals surface area (Å²) in [5.74, 6) is 0. The molecule has 1 aliphatic rings. The smallest absolute Gasteiger partial charge is 0.143 e. The van der Waals surface area contributed by atoms with Gasteiger partial charge in [-0.15, -0.1) is 0 Å². The molecule has 0 saturated carbocycles. The molecule has 0 spiro atoms. The highest BCUT2D eigenvalue weighted by Crippen LogP contribution is 2.57. The summed E-state index contributed by atoms with van der Waals surface area (Å²) in [5, 5.41) is 4.55. The predicted octanol–water partition coefficient (Wildman–Crippen LogP) is 10.6. The van der Waals surface area contributed by atoms with Crippen LogP contribution in [0.25, 0.3) is 77.2 Å². The zero-order valence-corrected chi connectivity index (χ0v) is 40.4. The van der Waals surface area contributed by atoms with E-state index in [0.717, 1.165) is 49.8 Å². The molecule has 13 rings (SSSR count). The zero-order valence-electron chi connectivity index (χ0n) is 40.4. The third-order valence-corrected chi connectivity index (χ3v) is 15.6. The first-order chi connectivity index (χ1) is 34.9. The highest BCUT2D eigenvalue weighted by molar-refractivity contribution is 6.63. The molecule has 2 nitrogen and oxygen atoms in total. The van der Waals surface area contributed by atoms with E-state index in [-0.39, 0.29) is 0 Å². The first-order valence-corrected chi connectivity index (χ1v) is 24.8. The van der Waals surface area contributed by atoms with Crippen molar-refractivity contribution in [1.82, 2.24) is 0 Å². The Balaban J connectivity index is 1.05. The van der Waals surface area contributed by atoms with Crippen molar-refractivity contribution in [3.8, 4) is 44.5 Å². The molecule has 12 aromatic rings. The van der Waals surface area contributed by atoms with E-state index in [1.54, 1.807) is 0 Å². The third kappa shape index (κ3) is 6.62. The van der Waals surface area contributed by atoms with Crippen LogP contribution in [0.1, 0.15) is 22.3 Å². The van der Waals surface area contributed by atoms with Crippen LogP contribution in [0.2, 0.25) is 0 Å². The van der Waals surface area contributed by atoms with Gasteiger partial charge in [-0.1, -0.05) is 222 Å². The van der Waals surface area contributed by atoms with Gasteiger partial charge in [-0.25, -0.2) is 0 Å².